The summed E-state index contributed by atoms with van der Waals surface area (Å²) in [5.41, 5.74) is 0. The Hall–Kier alpha value is -0.710. The van der Waals surface area contributed by atoms with Crippen molar-refractivity contribution in [1.29, 1.82) is 0 Å². The van der Waals surface area contributed by atoms with Gasteiger partial charge in [0.2, 0.25) is 20.0 Å². The van der Waals surface area contributed by atoms with Crippen molar-refractivity contribution in [2.24, 2.45) is 0 Å². The zero-order valence-electron chi connectivity index (χ0n) is 10.3. The molecule has 18 heavy (non-hydrogen) atoms. The Balaban J connectivity index is 4.10. The summed E-state index contributed by atoms with van der Waals surface area (Å²) in [4.78, 5) is 10.2. The molecule has 0 bridgehead atoms. The summed E-state index contributed by atoms with van der Waals surface area (Å²) in [6.45, 7) is -0.226. The largest absolute Gasteiger partial charge is 0.481 e. The van der Waals surface area contributed by atoms with Crippen molar-refractivity contribution in [1.82, 2.24) is 9.03 Å². The summed E-state index contributed by atoms with van der Waals surface area (Å²) >= 11 is 0. The zero-order chi connectivity index (χ0) is 14.4. The molecule has 0 fully saturated rings. The molecule has 0 aliphatic heterocycles. The van der Waals surface area contributed by atoms with E-state index >= 15 is 0 Å². The number of carboxylic acids is 1. The van der Waals surface area contributed by atoms with Crippen molar-refractivity contribution >= 4 is 26.0 Å². The van der Waals surface area contributed by atoms with Gasteiger partial charge in [-0.15, -0.1) is 0 Å². The highest BCUT2D eigenvalue weighted by molar-refractivity contribution is 7.90. The lowest BCUT2D eigenvalue weighted by Crippen LogP contribution is -2.35. The van der Waals surface area contributed by atoms with E-state index in [0.29, 0.717) is 0 Å². The molecular weight excluding hydrogens is 284 g/mol. The number of aliphatic carboxylic acids is 1. The van der Waals surface area contributed by atoms with E-state index < -0.39 is 26.0 Å². The first-order valence-corrected chi connectivity index (χ1v) is 8.42. The van der Waals surface area contributed by atoms with E-state index in [1.807, 2.05) is 0 Å². The average molecular weight is 302 g/mol. The van der Waals surface area contributed by atoms with Gasteiger partial charge >= 0.3 is 5.97 Å². The van der Waals surface area contributed by atoms with Gasteiger partial charge in [0.1, 0.15) is 0 Å². The minimum Gasteiger partial charge on any atom is -0.481 e. The Morgan fingerprint density at radius 1 is 1.17 bits per heavy atom. The molecule has 0 radical (unpaired) electrons. The number of sulfonamides is 2. The van der Waals surface area contributed by atoms with Crippen molar-refractivity contribution < 1.29 is 26.7 Å². The number of carboxylic acid groups (broad SMARTS) is 1. The molecule has 0 amide bonds. The summed E-state index contributed by atoms with van der Waals surface area (Å²) in [7, 11) is -4.35. The molecule has 0 heterocycles. The molecule has 0 aromatic carbocycles. The van der Waals surface area contributed by atoms with Crippen LogP contribution in [-0.4, -0.2) is 64.4 Å². The summed E-state index contributed by atoms with van der Waals surface area (Å²) < 4.78 is 48.5. The zero-order valence-corrected chi connectivity index (χ0v) is 11.9. The molecule has 10 heteroatoms. The summed E-state index contributed by atoms with van der Waals surface area (Å²) in [6.07, 6.45) is -0.248. The Kier molecular flexibility index (Phi) is 6.74. The van der Waals surface area contributed by atoms with Crippen molar-refractivity contribution in [2.45, 2.75) is 12.8 Å². The van der Waals surface area contributed by atoms with Crippen LogP contribution in [0.3, 0.4) is 0 Å². The quantitative estimate of drug-likeness (QED) is 0.544. The maximum atomic E-state index is 11.4. The Bertz CT molecular complexity index is 468. The van der Waals surface area contributed by atoms with Crippen LogP contribution in [0.2, 0.25) is 0 Å². The van der Waals surface area contributed by atoms with E-state index in [9.17, 15) is 21.6 Å². The molecule has 0 saturated heterocycles. The SMILES string of the molecule is CN(C)S(=O)(=O)CCNS(=O)(=O)CCCC(=O)O. The van der Waals surface area contributed by atoms with Crippen molar-refractivity contribution in [2.75, 3.05) is 32.1 Å². The Morgan fingerprint density at radius 2 is 1.72 bits per heavy atom. The molecular formula is C8H18N2O6S2. The van der Waals surface area contributed by atoms with Crippen LogP contribution in [0, 0.1) is 0 Å². The highest BCUT2D eigenvalue weighted by atomic mass is 32.2. The second-order valence-electron chi connectivity index (χ2n) is 3.81. The van der Waals surface area contributed by atoms with Crippen LogP contribution >= 0.6 is 0 Å². The molecule has 0 rings (SSSR count). The lowest BCUT2D eigenvalue weighted by Gasteiger charge is -2.11. The van der Waals surface area contributed by atoms with Gasteiger partial charge in [-0.3, -0.25) is 4.79 Å². The first-order chi connectivity index (χ1) is 8.07. The predicted octanol–water partition coefficient (Wildman–Crippen LogP) is -1.34. The Morgan fingerprint density at radius 3 is 2.17 bits per heavy atom. The molecule has 8 nitrogen and oxygen atoms in total. The van der Waals surface area contributed by atoms with Crippen LogP contribution in [0.4, 0.5) is 0 Å². The minimum absolute atomic E-state index is 0.00883. The summed E-state index contributed by atoms with van der Waals surface area (Å²) in [6, 6.07) is 0. The van der Waals surface area contributed by atoms with Crippen LogP contribution < -0.4 is 4.72 Å². The first-order valence-electron chi connectivity index (χ1n) is 5.16. The lowest BCUT2D eigenvalue weighted by atomic mass is 10.3. The molecule has 0 aliphatic rings. The number of hydrogen-bond acceptors (Lipinski definition) is 5. The summed E-state index contributed by atoms with van der Waals surface area (Å²) in [5, 5.41) is 8.35. The van der Waals surface area contributed by atoms with Crippen molar-refractivity contribution in [3.63, 3.8) is 0 Å². The van der Waals surface area contributed by atoms with Gasteiger partial charge in [-0.25, -0.2) is 25.9 Å². The van der Waals surface area contributed by atoms with Crippen LogP contribution in [0.25, 0.3) is 0 Å². The van der Waals surface area contributed by atoms with Crippen LogP contribution in [-0.2, 0) is 24.8 Å². The fraction of sp³-hybridized carbons (Fsp3) is 0.875. The topological polar surface area (TPSA) is 121 Å². The third kappa shape index (κ3) is 7.58. The number of rotatable bonds is 9. The predicted molar refractivity (Wildman–Crippen MR) is 66.1 cm³/mol. The minimum atomic E-state index is -3.62. The van der Waals surface area contributed by atoms with Crippen LogP contribution in [0.5, 0.6) is 0 Å². The maximum absolute atomic E-state index is 11.4. The maximum Gasteiger partial charge on any atom is 0.303 e. The third-order valence-corrected chi connectivity index (χ3v) is 5.34. The third-order valence-electron chi connectivity index (χ3n) is 2.04. The average Bonchev–Trinajstić information content (AvgIpc) is 2.15. The van der Waals surface area contributed by atoms with Gasteiger partial charge in [0.05, 0.1) is 11.5 Å². The summed E-state index contributed by atoms with van der Waals surface area (Å²) in [5.74, 6) is -1.74. The van der Waals surface area contributed by atoms with Gasteiger partial charge in [-0.05, 0) is 6.42 Å². The smallest absolute Gasteiger partial charge is 0.303 e. The number of nitrogens with one attached hydrogen (secondary N) is 1. The Labute approximate surface area is 107 Å². The fourth-order valence-electron chi connectivity index (χ4n) is 0.994. The van der Waals surface area contributed by atoms with Gasteiger partial charge in [0.15, 0.2) is 0 Å². The van der Waals surface area contributed by atoms with Crippen LogP contribution in [0.15, 0.2) is 0 Å². The van der Waals surface area contributed by atoms with Gasteiger partial charge in [0.25, 0.3) is 0 Å². The van der Waals surface area contributed by atoms with Gasteiger partial charge < -0.3 is 5.11 Å². The first kappa shape index (κ1) is 17.3. The highest BCUT2D eigenvalue weighted by Gasteiger charge is 2.16. The number of nitrogens with zero attached hydrogens (tertiary/aromatic N) is 1. The molecule has 0 unspecified atom stereocenters. The van der Waals surface area contributed by atoms with E-state index in [1.165, 1.54) is 14.1 Å². The van der Waals surface area contributed by atoms with Gasteiger partial charge in [-0.2, -0.15) is 0 Å². The highest BCUT2D eigenvalue weighted by Crippen LogP contribution is 1.96. The molecule has 108 valence electrons. The monoisotopic (exact) mass is 302 g/mol. The van der Waals surface area contributed by atoms with E-state index in [4.69, 9.17) is 5.11 Å². The van der Waals surface area contributed by atoms with Gasteiger partial charge in [0, 0.05) is 27.1 Å². The van der Waals surface area contributed by atoms with Crippen LogP contribution in [0.1, 0.15) is 12.8 Å². The number of carbonyl (C=O) groups is 1. The standard InChI is InChI=1S/C8H18N2O6S2/c1-10(2)18(15,16)7-5-9-17(13,14)6-3-4-8(11)12/h9H,3-7H2,1-2H3,(H,11,12). The van der Waals surface area contributed by atoms with Crippen molar-refractivity contribution in [3.8, 4) is 0 Å². The second kappa shape index (κ2) is 7.02. The normalized spacial score (nSPS) is 12.8. The number of hydrogen-bond donors (Lipinski definition) is 2. The molecule has 0 saturated carbocycles. The fourth-order valence-corrected chi connectivity index (χ4v) is 2.93. The van der Waals surface area contributed by atoms with E-state index in [1.54, 1.807) is 0 Å². The van der Waals surface area contributed by atoms with Crippen molar-refractivity contribution in [3.05, 3.63) is 0 Å². The molecule has 0 aromatic heterocycles. The molecule has 0 atom stereocenters. The molecule has 0 aromatic rings. The molecule has 0 spiro atoms. The van der Waals surface area contributed by atoms with E-state index in [-0.39, 0.29) is 30.9 Å². The lowest BCUT2D eigenvalue weighted by molar-refractivity contribution is -0.137. The van der Waals surface area contributed by atoms with E-state index in [2.05, 4.69) is 4.72 Å². The second-order valence-corrected chi connectivity index (χ2v) is 8.04. The van der Waals surface area contributed by atoms with E-state index in [0.717, 1.165) is 4.31 Å². The molecule has 2 N–H and O–H groups in total. The molecule has 0 aliphatic carbocycles. The van der Waals surface area contributed by atoms with Gasteiger partial charge in [-0.1, -0.05) is 0 Å².